The molecule has 4 nitrogen and oxygen atoms in total. The van der Waals surface area contributed by atoms with E-state index in [1.54, 1.807) is 11.8 Å². The van der Waals surface area contributed by atoms with Crippen LogP contribution < -0.4 is 0 Å². The van der Waals surface area contributed by atoms with Crippen LogP contribution in [0.1, 0.15) is 24.1 Å². The Morgan fingerprint density at radius 1 is 1.12 bits per heavy atom. The number of aliphatic carboxylic acids is 1. The van der Waals surface area contributed by atoms with Crippen LogP contribution in [0.5, 0.6) is 0 Å². The number of hydrogen-bond donors (Lipinski definition) is 1. The predicted octanol–water partition coefficient (Wildman–Crippen LogP) is 3.59. The zero-order valence-electron chi connectivity index (χ0n) is 15.3. The molecule has 1 heterocycles. The molecule has 1 fully saturated rings. The summed E-state index contributed by atoms with van der Waals surface area (Å²) in [6.07, 6.45) is 2.09. The van der Waals surface area contributed by atoms with Crippen molar-refractivity contribution in [2.75, 3.05) is 32.4 Å². The van der Waals surface area contributed by atoms with Gasteiger partial charge in [-0.05, 0) is 36.4 Å². The highest BCUT2D eigenvalue weighted by Gasteiger charge is 2.30. The van der Waals surface area contributed by atoms with Gasteiger partial charge in [-0.2, -0.15) is 0 Å². The molecule has 1 unspecified atom stereocenters. The number of benzene rings is 2. The van der Waals surface area contributed by atoms with Crippen LogP contribution >= 0.6 is 11.8 Å². The molecule has 1 aliphatic heterocycles. The highest BCUT2D eigenvalue weighted by atomic mass is 32.2. The van der Waals surface area contributed by atoms with Crippen molar-refractivity contribution < 1.29 is 9.90 Å². The Kier molecular flexibility index (Phi) is 6.35. The van der Waals surface area contributed by atoms with Crippen LogP contribution in [-0.2, 0) is 4.79 Å². The van der Waals surface area contributed by atoms with Crippen molar-refractivity contribution in [3.8, 4) is 0 Å². The standard InChI is InChI=1S/C21H26N2O2S/c1-16-14-23(13-12-22(16)15-20(24)25)21(17-6-4-3-5-7-17)18-8-10-19(26-2)11-9-18/h3-11,16,21H,12-15H2,1-2H3,(H,24,25)/t16?,21-/m1/s1. The van der Waals surface area contributed by atoms with Crippen LogP contribution in [0.3, 0.4) is 0 Å². The largest absolute Gasteiger partial charge is 0.480 e. The molecule has 1 N–H and O–H groups in total. The number of nitrogens with zero attached hydrogens (tertiary/aromatic N) is 2. The highest BCUT2D eigenvalue weighted by Crippen LogP contribution is 2.31. The summed E-state index contributed by atoms with van der Waals surface area (Å²) in [5.74, 6) is -0.752. The summed E-state index contributed by atoms with van der Waals surface area (Å²) in [6, 6.07) is 19.8. The van der Waals surface area contributed by atoms with Gasteiger partial charge in [0.05, 0.1) is 12.6 Å². The zero-order valence-corrected chi connectivity index (χ0v) is 16.2. The van der Waals surface area contributed by atoms with E-state index in [1.807, 2.05) is 6.07 Å². The molecule has 0 radical (unpaired) electrons. The lowest BCUT2D eigenvalue weighted by Gasteiger charge is -2.43. The summed E-state index contributed by atoms with van der Waals surface area (Å²) in [6.45, 7) is 4.74. The van der Waals surface area contributed by atoms with Crippen molar-refractivity contribution in [3.63, 3.8) is 0 Å². The molecule has 2 atom stereocenters. The van der Waals surface area contributed by atoms with Crippen LogP contribution in [0.25, 0.3) is 0 Å². The molecule has 1 saturated heterocycles. The second kappa shape index (κ2) is 8.71. The van der Waals surface area contributed by atoms with Gasteiger partial charge in [-0.1, -0.05) is 42.5 Å². The zero-order chi connectivity index (χ0) is 18.5. The van der Waals surface area contributed by atoms with E-state index in [2.05, 4.69) is 71.5 Å². The molecule has 0 bridgehead atoms. The molecular formula is C21H26N2O2S. The van der Waals surface area contributed by atoms with Crippen molar-refractivity contribution in [1.82, 2.24) is 9.80 Å². The smallest absolute Gasteiger partial charge is 0.317 e. The number of thioether (sulfide) groups is 1. The average Bonchev–Trinajstić information content (AvgIpc) is 2.65. The van der Waals surface area contributed by atoms with Crippen molar-refractivity contribution >= 4 is 17.7 Å². The van der Waals surface area contributed by atoms with Crippen molar-refractivity contribution in [2.24, 2.45) is 0 Å². The minimum absolute atomic E-state index is 0.118. The Morgan fingerprint density at radius 2 is 1.77 bits per heavy atom. The van der Waals surface area contributed by atoms with Crippen LogP contribution in [-0.4, -0.2) is 59.4 Å². The maximum Gasteiger partial charge on any atom is 0.317 e. The van der Waals surface area contributed by atoms with Gasteiger partial charge < -0.3 is 5.11 Å². The van der Waals surface area contributed by atoms with E-state index in [0.29, 0.717) is 0 Å². The minimum Gasteiger partial charge on any atom is -0.480 e. The first-order chi connectivity index (χ1) is 12.6. The molecule has 0 amide bonds. The SMILES string of the molecule is CSc1ccc([C@@H](c2ccccc2)N2CCN(CC(=O)O)C(C)C2)cc1. The maximum absolute atomic E-state index is 11.1. The Balaban J connectivity index is 1.86. The van der Waals surface area contributed by atoms with Gasteiger partial charge in [0, 0.05) is 30.6 Å². The first-order valence-corrected chi connectivity index (χ1v) is 10.2. The lowest BCUT2D eigenvalue weighted by molar-refractivity contribution is -0.139. The third-order valence-electron chi connectivity index (χ3n) is 5.05. The lowest BCUT2D eigenvalue weighted by atomic mass is 9.95. The molecular weight excluding hydrogens is 344 g/mol. The normalized spacial score (nSPS) is 20.0. The van der Waals surface area contributed by atoms with E-state index in [0.717, 1.165) is 19.6 Å². The van der Waals surface area contributed by atoms with Crippen LogP contribution in [0, 0.1) is 0 Å². The number of carboxylic acids is 1. The minimum atomic E-state index is -0.752. The first-order valence-electron chi connectivity index (χ1n) is 8.97. The molecule has 1 aliphatic rings. The second-order valence-electron chi connectivity index (χ2n) is 6.79. The Labute approximate surface area is 159 Å². The molecule has 2 aromatic carbocycles. The van der Waals surface area contributed by atoms with E-state index < -0.39 is 5.97 Å². The van der Waals surface area contributed by atoms with Crippen LogP contribution in [0.15, 0.2) is 59.5 Å². The van der Waals surface area contributed by atoms with E-state index >= 15 is 0 Å². The summed E-state index contributed by atoms with van der Waals surface area (Å²) < 4.78 is 0. The lowest BCUT2D eigenvalue weighted by Crippen LogP contribution is -2.54. The fourth-order valence-electron chi connectivity index (χ4n) is 3.70. The fraction of sp³-hybridized carbons (Fsp3) is 0.381. The van der Waals surface area contributed by atoms with Crippen molar-refractivity contribution in [1.29, 1.82) is 0 Å². The summed E-state index contributed by atoms with van der Waals surface area (Å²) in [7, 11) is 0. The summed E-state index contributed by atoms with van der Waals surface area (Å²) in [5.41, 5.74) is 2.57. The summed E-state index contributed by atoms with van der Waals surface area (Å²) in [4.78, 5) is 16.9. The predicted molar refractivity (Wildman–Crippen MR) is 107 cm³/mol. The van der Waals surface area contributed by atoms with Gasteiger partial charge in [-0.3, -0.25) is 14.6 Å². The van der Waals surface area contributed by atoms with E-state index in [4.69, 9.17) is 5.11 Å². The molecule has 3 rings (SSSR count). The van der Waals surface area contributed by atoms with Gasteiger partial charge in [0.25, 0.3) is 0 Å². The number of piperazine rings is 1. The van der Waals surface area contributed by atoms with Crippen LogP contribution in [0.4, 0.5) is 0 Å². The van der Waals surface area contributed by atoms with E-state index in [1.165, 1.54) is 16.0 Å². The first kappa shape index (κ1) is 19.0. The molecule has 0 saturated carbocycles. The van der Waals surface area contributed by atoms with Gasteiger partial charge in [0.15, 0.2) is 0 Å². The summed E-state index contributed by atoms with van der Waals surface area (Å²) in [5, 5.41) is 9.11. The molecule has 2 aromatic rings. The third-order valence-corrected chi connectivity index (χ3v) is 5.79. The Morgan fingerprint density at radius 3 is 2.35 bits per heavy atom. The second-order valence-corrected chi connectivity index (χ2v) is 7.67. The number of hydrogen-bond acceptors (Lipinski definition) is 4. The molecule has 0 spiro atoms. The maximum atomic E-state index is 11.1. The Bertz CT molecular complexity index is 721. The average molecular weight is 371 g/mol. The van der Waals surface area contributed by atoms with Gasteiger partial charge in [0.2, 0.25) is 0 Å². The molecule has 0 aromatic heterocycles. The number of rotatable bonds is 6. The topological polar surface area (TPSA) is 43.8 Å². The number of carbonyl (C=O) groups is 1. The Hall–Kier alpha value is -1.82. The third kappa shape index (κ3) is 4.47. The van der Waals surface area contributed by atoms with Gasteiger partial charge >= 0.3 is 5.97 Å². The molecule has 0 aliphatic carbocycles. The number of carboxylic acid groups (broad SMARTS) is 1. The summed E-state index contributed by atoms with van der Waals surface area (Å²) >= 11 is 1.75. The van der Waals surface area contributed by atoms with Crippen molar-refractivity contribution in [2.45, 2.75) is 23.9 Å². The van der Waals surface area contributed by atoms with E-state index in [-0.39, 0.29) is 18.6 Å². The monoisotopic (exact) mass is 370 g/mol. The van der Waals surface area contributed by atoms with Gasteiger partial charge in [-0.25, -0.2) is 0 Å². The fourth-order valence-corrected chi connectivity index (χ4v) is 4.11. The van der Waals surface area contributed by atoms with Gasteiger partial charge in [-0.15, -0.1) is 11.8 Å². The van der Waals surface area contributed by atoms with Crippen LogP contribution in [0.2, 0.25) is 0 Å². The van der Waals surface area contributed by atoms with E-state index in [9.17, 15) is 4.79 Å². The molecule has 26 heavy (non-hydrogen) atoms. The highest BCUT2D eigenvalue weighted by molar-refractivity contribution is 7.98. The van der Waals surface area contributed by atoms with Gasteiger partial charge in [0.1, 0.15) is 0 Å². The van der Waals surface area contributed by atoms with Crippen molar-refractivity contribution in [3.05, 3.63) is 65.7 Å². The molecule has 138 valence electrons. The quantitative estimate of drug-likeness (QED) is 0.787. The molecule has 5 heteroatoms.